The number of ketones is 1. The van der Waals surface area contributed by atoms with Crippen LogP contribution >= 0.6 is 11.3 Å². The summed E-state index contributed by atoms with van der Waals surface area (Å²) < 4.78 is 15.9. The van der Waals surface area contributed by atoms with Crippen LogP contribution in [0.5, 0.6) is 11.5 Å². The first-order chi connectivity index (χ1) is 16.5. The number of carbonyl (C=O) groups excluding carboxylic acids is 3. The van der Waals surface area contributed by atoms with E-state index in [-0.39, 0.29) is 11.3 Å². The van der Waals surface area contributed by atoms with Gasteiger partial charge in [0.1, 0.15) is 19.0 Å². The summed E-state index contributed by atoms with van der Waals surface area (Å²) in [4.78, 5) is 43.5. The molecule has 1 amide bonds. The predicted molar refractivity (Wildman–Crippen MR) is 122 cm³/mol. The van der Waals surface area contributed by atoms with E-state index in [1.54, 1.807) is 35.7 Å². The van der Waals surface area contributed by atoms with Gasteiger partial charge in [-0.25, -0.2) is 9.78 Å². The molecule has 3 aromatic rings. The number of thiazole rings is 1. The number of carbonyl (C=O) groups is 3. The third-order valence-electron chi connectivity index (χ3n) is 5.53. The molecule has 9 nitrogen and oxygen atoms in total. The SMILES string of the molecule is COC(=O)c1ccc([C@@H]2C(=C(O)c3ccc4c(c3)OCCO4)C(=O)C(=O)N2c2nccs2)cc1. The number of fused-ring (bicyclic) bond motifs is 1. The third-order valence-corrected chi connectivity index (χ3v) is 6.30. The van der Waals surface area contributed by atoms with Crippen LogP contribution in [0.3, 0.4) is 0 Å². The maximum atomic E-state index is 13.2. The van der Waals surface area contributed by atoms with Gasteiger partial charge in [0.25, 0.3) is 5.78 Å². The highest BCUT2D eigenvalue weighted by Crippen LogP contribution is 2.43. The third kappa shape index (κ3) is 3.57. The van der Waals surface area contributed by atoms with Crippen molar-refractivity contribution < 1.29 is 33.7 Å². The number of ether oxygens (including phenoxy) is 3. The second-order valence-corrected chi connectivity index (χ2v) is 8.33. The Hall–Kier alpha value is -4.18. The first-order valence-corrected chi connectivity index (χ1v) is 11.2. The Balaban J connectivity index is 1.65. The molecule has 10 heteroatoms. The van der Waals surface area contributed by atoms with Gasteiger partial charge < -0.3 is 19.3 Å². The van der Waals surface area contributed by atoms with Gasteiger partial charge >= 0.3 is 11.9 Å². The number of aliphatic hydroxyl groups is 1. The van der Waals surface area contributed by atoms with E-state index in [2.05, 4.69) is 4.98 Å². The average Bonchev–Trinajstić information content (AvgIpc) is 3.49. The molecule has 0 aliphatic carbocycles. The predicted octanol–water partition coefficient (Wildman–Crippen LogP) is 3.33. The molecule has 1 fully saturated rings. The van der Waals surface area contributed by atoms with Crippen molar-refractivity contribution in [2.45, 2.75) is 6.04 Å². The molecule has 3 heterocycles. The fourth-order valence-corrected chi connectivity index (χ4v) is 4.61. The Morgan fingerprint density at radius 2 is 1.79 bits per heavy atom. The number of amides is 1. The molecule has 5 rings (SSSR count). The van der Waals surface area contributed by atoms with Gasteiger partial charge in [-0.3, -0.25) is 14.5 Å². The summed E-state index contributed by atoms with van der Waals surface area (Å²) in [6.45, 7) is 0.775. The highest BCUT2D eigenvalue weighted by Gasteiger charge is 2.48. The minimum absolute atomic E-state index is 0.0947. The summed E-state index contributed by atoms with van der Waals surface area (Å²) in [6, 6.07) is 10.1. The molecular formula is C24H18N2O7S. The van der Waals surface area contributed by atoms with Crippen molar-refractivity contribution >= 4 is 39.9 Å². The van der Waals surface area contributed by atoms with Crippen molar-refractivity contribution in [2.75, 3.05) is 25.2 Å². The van der Waals surface area contributed by atoms with Crippen molar-refractivity contribution in [3.05, 3.63) is 76.3 Å². The topological polar surface area (TPSA) is 115 Å². The normalized spacial score (nSPS) is 18.7. The Bertz CT molecular complexity index is 1320. The van der Waals surface area contributed by atoms with E-state index in [4.69, 9.17) is 14.2 Å². The van der Waals surface area contributed by atoms with E-state index >= 15 is 0 Å². The van der Waals surface area contributed by atoms with Gasteiger partial charge in [0, 0.05) is 17.1 Å². The lowest BCUT2D eigenvalue weighted by atomic mass is 9.94. The Labute approximate surface area is 197 Å². The van der Waals surface area contributed by atoms with E-state index in [9.17, 15) is 19.5 Å². The standard InChI is InChI=1S/C24H18N2O7S/c1-31-23(30)14-4-2-13(3-5-14)19-18(21(28)22(29)26(19)24-25-8-11-34-24)20(27)15-6-7-16-17(12-15)33-10-9-32-16/h2-8,11-12,19,27H,9-10H2,1H3/t19-/m1/s1. The summed E-state index contributed by atoms with van der Waals surface area (Å²) in [7, 11) is 1.28. The smallest absolute Gasteiger partial charge is 0.337 e. The number of methoxy groups -OCH3 is 1. The second kappa shape index (κ2) is 8.64. The van der Waals surface area contributed by atoms with Crippen molar-refractivity contribution in [3.63, 3.8) is 0 Å². The van der Waals surface area contributed by atoms with Crippen LogP contribution in [0.15, 0.2) is 59.6 Å². The molecule has 1 saturated heterocycles. The highest BCUT2D eigenvalue weighted by molar-refractivity contribution is 7.14. The monoisotopic (exact) mass is 478 g/mol. The Morgan fingerprint density at radius 1 is 1.09 bits per heavy atom. The fourth-order valence-electron chi connectivity index (χ4n) is 3.95. The fraction of sp³-hybridized carbons (Fsp3) is 0.167. The number of nitrogens with zero attached hydrogens (tertiary/aromatic N) is 2. The first-order valence-electron chi connectivity index (χ1n) is 10.3. The molecule has 34 heavy (non-hydrogen) atoms. The van der Waals surface area contributed by atoms with Gasteiger partial charge in [0.15, 0.2) is 16.6 Å². The Kier molecular flexibility index (Phi) is 5.50. The number of esters is 1. The van der Waals surface area contributed by atoms with E-state index < -0.39 is 23.7 Å². The van der Waals surface area contributed by atoms with Gasteiger partial charge in [0.2, 0.25) is 0 Å². The van der Waals surface area contributed by atoms with E-state index in [1.165, 1.54) is 41.7 Å². The number of anilines is 1. The zero-order valence-electron chi connectivity index (χ0n) is 17.9. The number of Topliss-reactive ketones (excluding diaryl/α,β-unsaturated/α-hetero) is 1. The maximum absolute atomic E-state index is 13.2. The van der Waals surface area contributed by atoms with Crippen LogP contribution in [0.1, 0.15) is 27.5 Å². The minimum Gasteiger partial charge on any atom is -0.507 e. The van der Waals surface area contributed by atoms with Crippen LogP contribution in [0.25, 0.3) is 5.76 Å². The number of aliphatic hydroxyl groups excluding tert-OH is 1. The zero-order valence-corrected chi connectivity index (χ0v) is 18.7. The molecule has 0 spiro atoms. The lowest BCUT2D eigenvalue weighted by Gasteiger charge is -2.23. The average molecular weight is 478 g/mol. The molecule has 0 radical (unpaired) electrons. The minimum atomic E-state index is -0.953. The molecule has 2 aliphatic rings. The van der Waals surface area contributed by atoms with Crippen molar-refractivity contribution in [3.8, 4) is 11.5 Å². The Morgan fingerprint density at radius 3 is 2.47 bits per heavy atom. The lowest BCUT2D eigenvalue weighted by Crippen LogP contribution is -2.29. The van der Waals surface area contributed by atoms with E-state index in [0.29, 0.717) is 46.5 Å². The zero-order chi connectivity index (χ0) is 23.8. The summed E-state index contributed by atoms with van der Waals surface area (Å²) in [5, 5.41) is 13.2. The summed E-state index contributed by atoms with van der Waals surface area (Å²) in [5.74, 6) is -1.56. The number of hydrogen-bond acceptors (Lipinski definition) is 9. The summed E-state index contributed by atoms with van der Waals surface area (Å²) in [6.07, 6.45) is 1.53. The molecule has 1 aromatic heterocycles. The van der Waals surface area contributed by atoms with Gasteiger partial charge in [-0.1, -0.05) is 12.1 Å². The van der Waals surface area contributed by atoms with Crippen molar-refractivity contribution in [2.24, 2.45) is 0 Å². The van der Waals surface area contributed by atoms with Gasteiger partial charge in [-0.05, 0) is 35.9 Å². The molecule has 172 valence electrons. The van der Waals surface area contributed by atoms with Gasteiger partial charge in [0.05, 0.1) is 24.3 Å². The molecule has 0 bridgehead atoms. The molecule has 2 aliphatic heterocycles. The number of aromatic nitrogens is 1. The molecule has 2 aromatic carbocycles. The van der Waals surface area contributed by atoms with Crippen LogP contribution in [-0.4, -0.2) is 48.1 Å². The van der Waals surface area contributed by atoms with Crippen LogP contribution in [0.2, 0.25) is 0 Å². The molecule has 1 atom stereocenters. The van der Waals surface area contributed by atoms with Crippen molar-refractivity contribution in [1.29, 1.82) is 0 Å². The van der Waals surface area contributed by atoms with Gasteiger partial charge in [-0.2, -0.15) is 0 Å². The van der Waals surface area contributed by atoms with Gasteiger partial charge in [-0.15, -0.1) is 11.3 Å². The molecule has 0 saturated carbocycles. The van der Waals surface area contributed by atoms with Crippen LogP contribution in [0, 0.1) is 0 Å². The van der Waals surface area contributed by atoms with Crippen LogP contribution in [-0.2, 0) is 14.3 Å². The summed E-state index contributed by atoms with van der Waals surface area (Å²) in [5.41, 5.74) is 1.03. The number of rotatable bonds is 4. The largest absolute Gasteiger partial charge is 0.507 e. The highest BCUT2D eigenvalue weighted by atomic mass is 32.1. The van der Waals surface area contributed by atoms with E-state index in [1.807, 2.05) is 0 Å². The number of benzene rings is 2. The van der Waals surface area contributed by atoms with Crippen LogP contribution in [0.4, 0.5) is 5.13 Å². The molecule has 1 N–H and O–H groups in total. The quantitative estimate of drug-likeness (QED) is 0.263. The molecule has 0 unspecified atom stereocenters. The molecular weight excluding hydrogens is 460 g/mol. The van der Waals surface area contributed by atoms with Crippen molar-refractivity contribution in [1.82, 2.24) is 4.98 Å². The number of hydrogen-bond donors (Lipinski definition) is 1. The summed E-state index contributed by atoms with van der Waals surface area (Å²) >= 11 is 1.19. The lowest BCUT2D eigenvalue weighted by molar-refractivity contribution is -0.132. The van der Waals surface area contributed by atoms with E-state index in [0.717, 1.165) is 0 Å². The first kappa shape index (κ1) is 21.7. The maximum Gasteiger partial charge on any atom is 0.337 e. The van der Waals surface area contributed by atoms with Crippen LogP contribution < -0.4 is 14.4 Å². The second-order valence-electron chi connectivity index (χ2n) is 7.46.